The zero-order valence-electron chi connectivity index (χ0n) is 16.6. The molecule has 6 heteroatoms. The first-order valence-electron chi connectivity index (χ1n) is 9.43. The molecule has 0 saturated carbocycles. The topological polar surface area (TPSA) is 73.9 Å². The maximum absolute atomic E-state index is 12.2. The fraction of sp³-hybridized carbons (Fsp3) is 0.364. The van der Waals surface area contributed by atoms with Crippen molar-refractivity contribution in [2.75, 3.05) is 26.4 Å². The molecule has 6 nitrogen and oxygen atoms in total. The van der Waals surface area contributed by atoms with Gasteiger partial charge in [-0.05, 0) is 43.5 Å². The van der Waals surface area contributed by atoms with E-state index in [1.165, 1.54) is 0 Å². The molecule has 0 aliphatic heterocycles. The van der Waals surface area contributed by atoms with Crippen molar-refractivity contribution in [1.82, 2.24) is 5.32 Å². The molecule has 2 aromatic rings. The van der Waals surface area contributed by atoms with Crippen molar-refractivity contribution in [3.63, 3.8) is 0 Å². The van der Waals surface area contributed by atoms with E-state index >= 15 is 0 Å². The third-order valence-electron chi connectivity index (χ3n) is 4.09. The molecule has 0 aliphatic carbocycles. The van der Waals surface area contributed by atoms with Crippen LogP contribution in [-0.4, -0.2) is 38.2 Å². The van der Waals surface area contributed by atoms with Gasteiger partial charge >= 0.3 is 5.97 Å². The Balaban J connectivity index is 1.85. The van der Waals surface area contributed by atoms with Crippen molar-refractivity contribution >= 4 is 11.9 Å². The Morgan fingerprint density at radius 1 is 0.964 bits per heavy atom. The van der Waals surface area contributed by atoms with Crippen LogP contribution in [0.1, 0.15) is 42.6 Å². The number of carbonyl (C=O) groups excluding carboxylic acids is 2. The van der Waals surface area contributed by atoms with Gasteiger partial charge in [-0.15, -0.1) is 0 Å². The van der Waals surface area contributed by atoms with Crippen LogP contribution in [0, 0.1) is 0 Å². The number of carbonyl (C=O) groups is 2. The molecule has 0 fully saturated rings. The highest BCUT2D eigenvalue weighted by molar-refractivity contribution is 5.92. The van der Waals surface area contributed by atoms with E-state index in [2.05, 4.69) is 5.32 Å². The lowest BCUT2D eigenvalue weighted by Gasteiger charge is -2.14. The van der Waals surface area contributed by atoms with E-state index in [9.17, 15) is 9.59 Å². The highest BCUT2D eigenvalue weighted by Crippen LogP contribution is 2.28. The predicted octanol–water partition coefficient (Wildman–Crippen LogP) is 3.56. The molecule has 1 atom stereocenters. The average molecular weight is 385 g/mol. The van der Waals surface area contributed by atoms with E-state index in [0.717, 1.165) is 5.56 Å². The smallest absolute Gasteiger partial charge is 0.338 e. The molecule has 0 spiro atoms. The second-order valence-corrected chi connectivity index (χ2v) is 6.22. The highest BCUT2D eigenvalue weighted by Gasteiger charge is 2.15. The van der Waals surface area contributed by atoms with Crippen molar-refractivity contribution in [1.29, 1.82) is 0 Å². The lowest BCUT2D eigenvalue weighted by atomic mass is 10.0. The van der Waals surface area contributed by atoms with Crippen molar-refractivity contribution in [3.05, 3.63) is 59.7 Å². The maximum atomic E-state index is 12.2. The fourth-order valence-corrected chi connectivity index (χ4v) is 2.61. The maximum Gasteiger partial charge on any atom is 0.338 e. The summed E-state index contributed by atoms with van der Waals surface area (Å²) in [4.78, 5) is 24.2. The Hall–Kier alpha value is -3.02. The summed E-state index contributed by atoms with van der Waals surface area (Å²) in [5, 5.41) is 2.78. The monoisotopic (exact) mass is 385 g/mol. The van der Waals surface area contributed by atoms with Gasteiger partial charge in [0.15, 0.2) is 18.1 Å². The third-order valence-corrected chi connectivity index (χ3v) is 4.09. The van der Waals surface area contributed by atoms with Crippen LogP contribution < -0.4 is 14.8 Å². The van der Waals surface area contributed by atoms with Gasteiger partial charge in [0, 0.05) is 6.54 Å². The summed E-state index contributed by atoms with van der Waals surface area (Å²) in [6.45, 7) is 6.81. The number of amides is 1. The van der Waals surface area contributed by atoms with Crippen LogP contribution in [0.3, 0.4) is 0 Å². The number of esters is 1. The van der Waals surface area contributed by atoms with Gasteiger partial charge in [-0.2, -0.15) is 0 Å². The van der Waals surface area contributed by atoms with Crippen molar-refractivity contribution in [2.24, 2.45) is 0 Å². The lowest BCUT2D eigenvalue weighted by Crippen LogP contribution is -2.31. The quantitative estimate of drug-likeness (QED) is 0.633. The number of nitrogens with one attached hydrogen (secondary N) is 1. The molecule has 0 heterocycles. The molecular weight excluding hydrogens is 358 g/mol. The summed E-state index contributed by atoms with van der Waals surface area (Å²) in [6.07, 6.45) is 0. The summed E-state index contributed by atoms with van der Waals surface area (Å²) in [5.41, 5.74) is 1.44. The van der Waals surface area contributed by atoms with Gasteiger partial charge in [0.1, 0.15) is 0 Å². The van der Waals surface area contributed by atoms with Crippen molar-refractivity contribution in [2.45, 2.75) is 26.7 Å². The number of rotatable bonds is 10. The lowest BCUT2D eigenvalue weighted by molar-refractivity contribution is -0.124. The average Bonchev–Trinajstić information content (AvgIpc) is 2.72. The normalized spacial score (nSPS) is 11.4. The molecule has 0 unspecified atom stereocenters. The Morgan fingerprint density at radius 3 is 2.32 bits per heavy atom. The Labute approximate surface area is 165 Å². The van der Waals surface area contributed by atoms with Gasteiger partial charge in [-0.25, -0.2) is 4.79 Å². The van der Waals surface area contributed by atoms with Gasteiger partial charge in [0.25, 0.3) is 5.91 Å². The molecule has 0 aromatic heterocycles. The zero-order chi connectivity index (χ0) is 20.4. The Morgan fingerprint density at radius 2 is 1.64 bits per heavy atom. The zero-order valence-corrected chi connectivity index (χ0v) is 16.6. The first kappa shape index (κ1) is 21.3. The van der Waals surface area contributed by atoms with Crippen LogP contribution in [0.4, 0.5) is 0 Å². The Kier molecular flexibility index (Phi) is 8.34. The van der Waals surface area contributed by atoms with E-state index < -0.39 is 5.97 Å². The molecule has 2 rings (SSSR count). The molecular formula is C22H27NO5. The molecule has 0 aliphatic rings. The minimum absolute atomic E-state index is 0.167. The fourth-order valence-electron chi connectivity index (χ4n) is 2.61. The van der Waals surface area contributed by atoms with Gasteiger partial charge in [-0.1, -0.05) is 37.3 Å². The number of hydrogen-bond acceptors (Lipinski definition) is 5. The SMILES string of the molecule is CCOc1ccc(C(=O)OCC(=O)NC[C@@H](C)c2ccccc2)cc1OCC. The number of ether oxygens (including phenoxy) is 3. The van der Waals surface area contributed by atoms with Crippen LogP contribution in [0.25, 0.3) is 0 Å². The molecule has 0 saturated heterocycles. The minimum Gasteiger partial charge on any atom is -0.490 e. The third kappa shape index (κ3) is 6.30. The van der Waals surface area contributed by atoms with Crippen LogP contribution in [0.2, 0.25) is 0 Å². The van der Waals surface area contributed by atoms with Gasteiger partial charge in [0.05, 0.1) is 18.8 Å². The van der Waals surface area contributed by atoms with Crippen LogP contribution in [-0.2, 0) is 9.53 Å². The van der Waals surface area contributed by atoms with E-state index in [1.807, 2.05) is 51.1 Å². The predicted molar refractivity (Wildman–Crippen MR) is 107 cm³/mol. The molecule has 0 radical (unpaired) electrons. The van der Waals surface area contributed by atoms with Crippen LogP contribution in [0.5, 0.6) is 11.5 Å². The van der Waals surface area contributed by atoms with Crippen LogP contribution in [0.15, 0.2) is 48.5 Å². The number of hydrogen-bond donors (Lipinski definition) is 1. The molecule has 2 aromatic carbocycles. The summed E-state index contributed by atoms with van der Waals surface area (Å²) in [5.74, 6) is 0.275. The Bertz CT molecular complexity index is 776. The van der Waals surface area contributed by atoms with Gasteiger partial charge in [0.2, 0.25) is 0 Å². The molecule has 1 amide bonds. The summed E-state index contributed by atoms with van der Waals surface area (Å²) >= 11 is 0. The minimum atomic E-state index is -0.588. The first-order chi connectivity index (χ1) is 13.5. The first-order valence-corrected chi connectivity index (χ1v) is 9.43. The molecule has 28 heavy (non-hydrogen) atoms. The molecule has 1 N–H and O–H groups in total. The standard InChI is InChI=1S/C22H27NO5/c1-4-26-19-12-11-18(13-20(19)27-5-2)22(25)28-15-21(24)23-14-16(3)17-9-7-6-8-10-17/h6-13,16H,4-5,14-15H2,1-3H3,(H,23,24)/t16-/m1/s1. The summed E-state index contributed by atoms with van der Waals surface area (Å²) < 4.78 is 16.1. The van der Waals surface area contributed by atoms with Gasteiger partial charge in [-0.3, -0.25) is 4.79 Å². The van der Waals surface area contributed by atoms with E-state index in [-0.39, 0.29) is 18.4 Å². The molecule has 0 bridgehead atoms. The second-order valence-electron chi connectivity index (χ2n) is 6.22. The second kappa shape index (κ2) is 11.0. The van der Waals surface area contributed by atoms with E-state index in [0.29, 0.717) is 36.8 Å². The largest absolute Gasteiger partial charge is 0.490 e. The van der Waals surface area contributed by atoms with E-state index in [4.69, 9.17) is 14.2 Å². The van der Waals surface area contributed by atoms with Crippen molar-refractivity contribution in [3.8, 4) is 11.5 Å². The number of benzene rings is 2. The van der Waals surface area contributed by atoms with Gasteiger partial charge < -0.3 is 19.5 Å². The van der Waals surface area contributed by atoms with Crippen molar-refractivity contribution < 1.29 is 23.8 Å². The molecule has 150 valence electrons. The van der Waals surface area contributed by atoms with Crippen LogP contribution >= 0.6 is 0 Å². The summed E-state index contributed by atoms with van der Waals surface area (Å²) in [7, 11) is 0. The summed E-state index contributed by atoms with van der Waals surface area (Å²) in [6, 6.07) is 14.7. The van der Waals surface area contributed by atoms with E-state index in [1.54, 1.807) is 18.2 Å². The highest BCUT2D eigenvalue weighted by atomic mass is 16.5.